The summed E-state index contributed by atoms with van der Waals surface area (Å²) >= 11 is 1.52. The van der Waals surface area contributed by atoms with Crippen LogP contribution in [0.5, 0.6) is 0 Å². The van der Waals surface area contributed by atoms with Gasteiger partial charge in [-0.15, -0.1) is 11.3 Å². The Balaban J connectivity index is 1.47. The molecule has 3 N–H and O–H groups in total. The monoisotopic (exact) mass is 978 g/mol. The number of rotatable bonds is 24. The fourth-order valence-electron chi connectivity index (χ4n) is 9.84. The molecule has 0 radical (unpaired) electrons. The zero-order valence-corrected chi connectivity index (χ0v) is 44.7. The molecule has 0 unspecified atom stereocenters. The molecule has 9 atom stereocenters. The minimum Gasteiger partial charge on any atom is -0.444 e. The summed E-state index contributed by atoms with van der Waals surface area (Å²) in [5, 5.41) is 12.0. The number of nitrogens with one attached hydrogen (secondary N) is 3. The van der Waals surface area contributed by atoms with Gasteiger partial charge in [0.1, 0.15) is 16.7 Å². The Kier molecular flexibility index (Phi) is 21.9. The molecule has 2 heterocycles. The van der Waals surface area contributed by atoms with Crippen molar-refractivity contribution in [2.45, 2.75) is 169 Å². The molecule has 69 heavy (non-hydrogen) atoms. The number of amides is 5. The van der Waals surface area contributed by atoms with E-state index in [1.807, 2.05) is 82.0 Å². The first-order chi connectivity index (χ1) is 32.6. The second-order valence-corrected chi connectivity index (χ2v) is 21.6. The number of thiazole rings is 1. The fourth-order valence-corrected chi connectivity index (χ4v) is 10.5. The number of benzene rings is 1. The molecule has 0 bridgehead atoms. The van der Waals surface area contributed by atoms with Gasteiger partial charge in [-0.3, -0.25) is 29.4 Å². The van der Waals surface area contributed by atoms with Crippen molar-refractivity contribution in [1.82, 2.24) is 30.3 Å². The van der Waals surface area contributed by atoms with E-state index >= 15 is 0 Å². The maximum Gasteiger partial charge on any atom is 0.412 e. The first-order valence-electron chi connectivity index (χ1n) is 24.9. The molecule has 16 heteroatoms. The number of anilines is 1. The number of hydrogen-bond donors (Lipinski definition) is 3. The Hall–Kier alpha value is -4.64. The van der Waals surface area contributed by atoms with Gasteiger partial charge in [-0.05, 0) is 95.4 Å². The molecule has 1 fully saturated rings. The minimum atomic E-state index is -0.859. The lowest BCUT2D eigenvalue weighted by Crippen LogP contribution is -2.60. The minimum absolute atomic E-state index is 0.0136. The number of likely N-dealkylation sites (tertiary alicyclic amines) is 1. The Morgan fingerprint density at radius 3 is 2.28 bits per heavy atom. The molecule has 1 aliphatic heterocycles. The van der Waals surface area contributed by atoms with Gasteiger partial charge in [-0.1, -0.05) is 90.8 Å². The fraction of sp³-hybridized carbons (Fsp3) is 0.660. The summed E-state index contributed by atoms with van der Waals surface area (Å²) in [5.41, 5.74) is 2.08. The number of hydrogen-bond acceptors (Lipinski definition) is 11. The maximum atomic E-state index is 14.7. The van der Waals surface area contributed by atoms with Crippen LogP contribution in [0.15, 0.2) is 59.6 Å². The Bertz CT molecular complexity index is 2050. The van der Waals surface area contributed by atoms with Crippen molar-refractivity contribution in [3.05, 3.63) is 70.2 Å². The van der Waals surface area contributed by atoms with Gasteiger partial charge in [-0.2, -0.15) is 0 Å². The highest BCUT2D eigenvalue weighted by atomic mass is 32.1. The Labute approximate surface area is 416 Å². The standard InChI is InChI=1S/C53H83N7O8S/c1-15-35(6)46(59(12)51(64)44(33(2)3)57-49(63)45(34(4)5)58(11)32-38-23-19-24-39(29-38)55-52(65)68-53(8,9)10)42(66-13)31-43(61)60-27-20-25-41(60)47(67-14)36(7)48(62)56-40(50-54-26-28-69-50)30-37-21-17-16-18-22-37/h16-17,19,21,23-24,26,28-29,33-36,40-42,44-47H,15,18,20,22,25,27,30-32H2,1-14H3,(H,55,65)(H,56,62)(H,57,63)/t35-,36+,40-,41-,42+,44-,45-,46-,47+/m0/s1. The van der Waals surface area contributed by atoms with E-state index in [0.29, 0.717) is 38.0 Å². The third-order valence-corrected chi connectivity index (χ3v) is 14.4. The Morgan fingerprint density at radius 1 is 0.971 bits per heavy atom. The number of nitrogens with zero attached hydrogens (tertiary/aromatic N) is 4. The van der Waals surface area contributed by atoms with Crippen LogP contribution in [0.4, 0.5) is 10.5 Å². The first-order valence-corrected chi connectivity index (χ1v) is 25.7. The molecule has 5 amide bonds. The van der Waals surface area contributed by atoms with Crippen LogP contribution in [0.1, 0.15) is 131 Å². The van der Waals surface area contributed by atoms with Crippen molar-refractivity contribution >= 4 is 46.7 Å². The number of ether oxygens (including phenoxy) is 3. The van der Waals surface area contributed by atoms with E-state index in [1.54, 1.807) is 59.2 Å². The van der Waals surface area contributed by atoms with E-state index in [1.165, 1.54) is 16.9 Å². The molecule has 1 saturated heterocycles. The van der Waals surface area contributed by atoms with E-state index in [2.05, 4.69) is 46.1 Å². The summed E-state index contributed by atoms with van der Waals surface area (Å²) < 4.78 is 17.6. The van der Waals surface area contributed by atoms with Gasteiger partial charge in [-0.25, -0.2) is 9.78 Å². The van der Waals surface area contributed by atoms with Crippen LogP contribution in [0, 0.1) is 23.7 Å². The lowest BCUT2D eigenvalue weighted by Gasteiger charge is -2.41. The Morgan fingerprint density at radius 2 is 1.70 bits per heavy atom. The van der Waals surface area contributed by atoms with E-state index in [4.69, 9.17) is 14.2 Å². The molecule has 0 spiro atoms. The van der Waals surface area contributed by atoms with Gasteiger partial charge in [0, 0.05) is 51.6 Å². The average Bonchev–Trinajstić information content (AvgIpc) is 4.01. The SMILES string of the molecule is CC[C@H](C)[C@@H]([C@@H](CC(=O)N1CCC[C@H]1[C@H](OC)[C@@H](C)C(=O)N[C@@H](CC1=CC=CCC1)c1nccs1)OC)N(C)C(=O)[C@@H](NC(=O)[C@H](C(C)C)N(C)Cc1cccc(NC(=O)OC(C)(C)C)c1)C(C)C. The van der Waals surface area contributed by atoms with Crippen molar-refractivity contribution in [3.63, 3.8) is 0 Å². The summed E-state index contributed by atoms with van der Waals surface area (Å²) in [6.07, 6.45) is 11.1. The first kappa shape index (κ1) is 56.9. The van der Waals surface area contributed by atoms with E-state index in [-0.39, 0.29) is 59.9 Å². The van der Waals surface area contributed by atoms with Crippen molar-refractivity contribution in [1.29, 1.82) is 0 Å². The smallest absolute Gasteiger partial charge is 0.412 e. The van der Waals surface area contributed by atoms with Crippen LogP contribution >= 0.6 is 11.3 Å². The van der Waals surface area contributed by atoms with Gasteiger partial charge >= 0.3 is 6.09 Å². The maximum absolute atomic E-state index is 14.7. The highest BCUT2D eigenvalue weighted by Crippen LogP contribution is 2.32. The zero-order valence-electron chi connectivity index (χ0n) is 43.9. The molecule has 384 valence electrons. The number of carbonyl (C=O) groups excluding carboxylic acids is 5. The van der Waals surface area contributed by atoms with Crippen LogP contribution < -0.4 is 16.0 Å². The largest absolute Gasteiger partial charge is 0.444 e. The van der Waals surface area contributed by atoms with Crippen molar-refractivity contribution in [2.75, 3.05) is 40.2 Å². The molecule has 15 nitrogen and oxygen atoms in total. The number of allylic oxidation sites excluding steroid dienone is 3. The number of methoxy groups -OCH3 is 2. The lowest BCUT2D eigenvalue weighted by atomic mass is 9.89. The van der Waals surface area contributed by atoms with Gasteiger partial charge < -0.3 is 34.6 Å². The quantitative estimate of drug-likeness (QED) is 0.0926. The predicted molar refractivity (Wildman–Crippen MR) is 273 cm³/mol. The number of likely N-dealkylation sites (N-methyl/N-ethyl adjacent to an activating group) is 2. The van der Waals surface area contributed by atoms with Crippen LogP contribution in [0.3, 0.4) is 0 Å². The lowest BCUT2D eigenvalue weighted by molar-refractivity contribution is -0.148. The highest BCUT2D eigenvalue weighted by molar-refractivity contribution is 7.09. The van der Waals surface area contributed by atoms with Gasteiger partial charge in [0.25, 0.3) is 0 Å². The van der Waals surface area contributed by atoms with Crippen molar-refractivity contribution < 1.29 is 38.2 Å². The summed E-state index contributed by atoms with van der Waals surface area (Å²) in [6, 6.07) is 4.86. The summed E-state index contributed by atoms with van der Waals surface area (Å²) in [5.74, 6) is -1.83. The molecular formula is C53H83N7O8S. The third-order valence-electron chi connectivity index (χ3n) is 13.5. The van der Waals surface area contributed by atoms with E-state index < -0.39 is 47.9 Å². The molecule has 1 aromatic carbocycles. The van der Waals surface area contributed by atoms with Gasteiger partial charge in [0.05, 0.1) is 48.7 Å². The van der Waals surface area contributed by atoms with Crippen molar-refractivity contribution in [2.24, 2.45) is 23.7 Å². The number of carbonyl (C=O) groups is 5. The van der Waals surface area contributed by atoms with Crippen LogP contribution in [-0.4, -0.2) is 126 Å². The molecular weight excluding hydrogens is 895 g/mol. The van der Waals surface area contributed by atoms with Crippen LogP contribution in [0.2, 0.25) is 0 Å². The van der Waals surface area contributed by atoms with Crippen molar-refractivity contribution in [3.8, 4) is 0 Å². The predicted octanol–water partition coefficient (Wildman–Crippen LogP) is 8.53. The summed E-state index contributed by atoms with van der Waals surface area (Å²) in [7, 11) is 6.79. The molecule has 2 aromatic rings. The van der Waals surface area contributed by atoms with E-state index in [0.717, 1.165) is 29.8 Å². The van der Waals surface area contributed by atoms with Crippen LogP contribution in [0.25, 0.3) is 0 Å². The normalized spacial score (nSPS) is 18.7. The van der Waals surface area contributed by atoms with Crippen LogP contribution in [-0.2, 0) is 39.9 Å². The molecule has 1 aliphatic carbocycles. The molecule has 0 saturated carbocycles. The second kappa shape index (κ2) is 26.5. The summed E-state index contributed by atoms with van der Waals surface area (Å²) in [4.78, 5) is 80.1. The number of aromatic nitrogens is 1. The molecule has 2 aliphatic rings. The average molecular weight is 978 g/mol. The van der Waals surface area contributed by atoms with Gasteiger partial charge in [0.15, 0.2) is 0 Å². The van der Waals surface area contributed by atoms with Gasteiger partial charge in [0.2, 0.25) is 23.6 Å². The topological polar surface area (TPSA) is 172 Å². The van der Waals surface area contributed by atoms with E-state index in [9.17, 15) is 24.0 Å². The highest BCUT2D eigenvalue weighted by Gasteiger charge is 2.43. The summed E-state index contributed by atoms with van der Waals surface area (Å²) in [6.45, 7) is 20.1. The zero-order chi connectivity index (χ0) is 51.2. The molecule has 1 aromatic heterocycles. The third kappa shape index (κ3) is 16.2. The molecule has 4 rings (SSSR count). The second-order valence-electron chi connectivity index (χ2n) is 20.7.